The van der Waals surface area contributed by atoms with E-state index in [1.807, 2.05) is 0 Å². The molecule has 0 bridgehead atoms. The van der Waals surface area contributed by atoms with Gasteiger partial charge in [-0.1, -0.05) is 276 Å². The summed E-state index contributed by atoms with van der Waals surface area (Å²) in [5.41, 5.74) is 0. The van der Waals surface area contributed by atoms with Crippen LogP contribution in [0, 0.1) is 0 Å². The molecule has 0 spiro atoms. The van der Waals surface area contributed by atoms with E-state index in [-0.39, 0.29) is 25.7 Å². The summed E-state index contributed by atoms with van der Waals surface area (Å²) in [6, 6.07) is 0. The minimum Gasteiger partial charge on any atom is -0.462 e. The van der Waals surface area contributed by atoms with Crippen molar-refractivity contribution in [3.8, 4) is 0 Å². The average molecular weight is 1520 g/mol. The fraction of sp³-hybridized carbons (Fsp3) is 0.655. The lowest BCUT2D eigenvalue weighted by molar-refractivity contribution is -0.161. The Kier molecular flexibility index (Phi) is 73.9. The molecule has 0 fully saturated rings. The summed E-state index contributed by atoms with van der Waals surface area (Å²) < 4.78 is 68.6. The maximum absolute atomic E-state index is 13.1. The zero-order chi connectivity index (χ0) is 77.4. The Hall–Kier alpha value is -5.32. The summed E-state index contributed by atoms with van der Waals surface area (Å²) >= 11 is 0. The van der Waals surface area contributed by atoms with Gasteiger partial charge < -0.3 is 33.8 Å². The van der Waals surface area contributed by atoms with Gasteiger partial charge in [-0.05, 0) is 167 Å². The molecule has 19 heteroatoms. The van der Waals surface area contributed by atoms with Crippen LogP contribution in [0.15, 0.2) is 158 Å². The number of rotatable bonds is 75. The van der Waals surface area contributed by atoms with Gasteiger partial charge in [-0.15, -0.1) is 0 Å². The maximum atomic E-state index is 13.1. The monoisotopic (exact) mass is 1520 g/mol. The number of aliphatic hydroxyl groups is 1. The van der Waals surface area contributed by atoms with Crippen LogP contribution in [0.4, 0.5) is 0 Å². The van der Waals surface area contributed by atoms with E-state index in [4.69, 9.17) is 37.0 Å². The molecule has 0 aromatic carbocycles. The van der Waals surface area contributed by atoms with E-state index in [9.17, 15) is 43.2 Å². The molecule has 0 aliphatic rings. The first-order valence-corrected chi connectivity index (χ1v) is 43.7. The Morgan fingerprint density at radius 2 is 0.491 bits per heavy atom. The third kappa shape index (κ3) is 76.9. The number of phosphoric acid groups is 2. The quantitative estimate of drug-likeness (QED) is 0.0169. The summed E-state index contributed by atoms with van der Waals surface area (Å²) in [5.74, 6) is -2.27. The molecule has 3 N–H and O–H groups in total. The second-order valence-corrected chi connectivity index (χ2v) is 29.5. The van der Waals surface area contributed by atoms with Crippen LogP contribution in [0.5, 0.6) is 0 Å². The maximum Gasteiger partial charge on any atom is 0.472 e. The second kappa shape index (κ2) is 77.8. The number of esters is 4. The standard InChI is InChI=1S/C87H144O17P2/c1-5-9-13-17-21-25-29-33-37-39-40-42-46-48-52-56-60-64-68-72-85(90)98-78-83(104-87(92)74-70-66-62-58-54-50-44-36-32-28-24-20-16-12-8-4)80-102-106(95,96)100-76-81(88)75-99-105(93,94)101-79-82(103-86(91)73-69-65-61-57-53-49-43-35-31-27-23-19-15-11-7-3)77-97-84(89)71-67-63-59-55-51-47-45-41-38-34-30-26-22-18-14-10-6-2/h9-11,13-15,21-28,33-38,40,42-44,53,57,81-83,88H,5-8,12,16-20,29-32,39,41,45-52,54-56,58-80H2,1-4H3,(H,93,94)(H,95,96)/b13-9-,14-10-,15-11-,25-21-,26-22-,27-23-,28-24-,37-33-,38-34-,42-40-,43-35-,44-36-,57-53-. The molecule has 0 rings (SSSR count). The van der Waals surface area contributed by atoms with Crippen LogP contribution in [0.1, 0.15) is 310 Å². The highest BCUT2D eigenvalue weighted by molar-refractivity contribution is 7.47. The summed E-state index contributed by atoms with van der Waals surface area (Å²) in [4.78, 5) is 73.1. The van der Waals surface area contributed by atoms with Crippen molar-refractivity contribution in [2.75, 3.05) is 39.6 Å². The lowest BCUT2D eigenvalue weighted by Gasteiger charge is -2.21. The zero-order valence-corrected chi connectivity index (χ0v) is 67.8. The molecular formula is C87H144O17P2. The highest BCUT2D eigenvalue weighted by Crippen LogP contribution is 2.45. The van der Waals surface area contributed by atoms with Crippen molar-refractivity contribution in [1.82, 2.24) is 0 Å². The molecule has 0 radical (unpaired) electrons. The third-order valence-corrected chi connectivity index (χ3v) is 18.4. The lowest BCUT2D eigenvalue weighted by atomic mass is 10.1. The van der Waals surface area contributed by atoms with Gasteiger partial charge in [-0.3, -0.25) is 37.3 Å². The van der Waals surface area contributed by atoms with Gasteiger partial charge in [-0.2, -0.15) is 0 Å². The number of phosphoric ester groups is 2. The molecule has 0 aliphatic carbocycles. The van der Waals surface area contributed by atoms with Crippen LogP contribution in [0.3, 0.4) is 0 Å². The Balaban J connectivity index is 5.43. The smallest absolute Gasteiger partial charge is 0.462 e. The Morgan fingerprint density at radius 1 is 0.274 bits per heavy atom. The van der Waals surface area contributed by atoms with Crippen molar-refractivity contribution in [2.45, 2.75) is 329 Å². The van der Waals surface area contributed by atoms with Crippen LogP contribution >= 0.6 is 15.6 Å². The molecule has 0 aromatic rings. The van der Waals surface area contributed by atoms with Crippen molar-refractivity contribution in [3.05, 3.63) is 158 Å². The fourth-order valence-electron chi connectivity index (χ4n) is 10.4. The summed E-state index contributed by atoms with van der Waals surface area (Å²) in [6.45, 7) is 4.43. The molecule has 106 heavy (non-hydrogen) atoms. The van der Waals surface area contributed by atoms with E-state index < -0.39 is 97.5 Å². The van der Waals surface area contributed by atoms with Gasteiger partial charge >= 0.3 is 39.5 Å². The van der Waals surface area contributed by atoms with Crippen LogP contribution in [-0.4, -0.2) is 96.7 Å². The number of allylic oxidation sites excluding steroid dienone is 26. The molecule has 604 valence electrons. The highest BCUT2D eigenvalue weighted by Gasteiger charge is 2.30. The van der Waals surface area contributed by atoms with Gasteiger partial charge in [0.2, 0.25) is 0 Å². The van der Waals surface area contributed by atoms with E-state index in [1.54, 1.807) is 0 Å². The lowest BCUT2D eigenvalue weighted by Crippen LogP contribution is -2.30. The van der Waals surface area contributed by atoms with Crippen molar-refractivity contribution < 1.29 is 80.2 Å². The van der Waals surface area contributed by atoms with Crippen LogP contribution < -0.4 is 0 Å². The summed E-state index contributed by atoms with van der Waals surface area (Å²) in [7, 11) is -10.00. The number of hydrogen-bond acceptors (Lipinski definition) is 15. The molecule has 5 unspecified atom stereocenters. The predicted octanol–water partition coefficient (Wildman–Crippen LogP) is 24.0. The largest absolute Gasteiger partial charge is 0.472 e. The number of hydrogen-bond donors (Lipinski definition) is 3. The first-order chi connectivity index (χ1) is 51.7. The molecule has 0 aromatic heterocycles. The van der Waals surface area contributed by atoms with Gasteiger partial charge in [0, 0.05) is 25.7 Å². The molecule has 0 saturated heterocycles. The number of carbonyl (C=O) groups is 4. The summed E-state index contributed by atoms with van der Waals surface area (Å²) in [5, 5.41) is 10.7. The minimum atomic E-state index is -5.00. The van der Waals surface area contributed by atoms with Crippen LogP contribution in [0.2, 0.25) is 0 Å². The topological polar surface area (TPSA) is 237 Å². The number of aliphatic hydroxyl groups excluding tert-OH is 1. The number of ether oxygens (including phenoxy) is 4. The molecule has 0 heterocycles. The van der Waals surface area contributed by atoms with Gasteiger partial charge in [0.05, 0.1) is 26.4 Å². The molecule has 5 atom stereocenters. The first kappa shape index (κ1) is 101. The van der Waals surface area contributed by atoms with Crippen LogP contribution in [0.25, 0.3) is 0 Å². The number of carbonyl (C=O) groups excluding carboxylic acids is 4. The van der Waals surface area contributed by atoms with E-state index in [1.165, 1.54) is 19.3 Å². The third-order valence-electron chi connectivity index (χ3n) is 16.5. The molecule has 17 nitrogen and oxygen atoms in total. The normalized spacial score (nSPS) is 14.7. The molecular weight excluding hydrogens is 1380 g/mol. The SMILES string of the molecule is CC/C=C\C/C=C\C/C=C\C/C=C\CCCCCCCCC(=O)OCC(COP(=O)(O)OCC(O)COP(=O)(O)OCC(COC(=O)CCCCCCCCC/C=C\C/C=C\C/C=C\CC)OC(=O)CCCC/C=C\C/C=C\C/C=C\C/C=C\CC)OC(=O)CCCCCCC/C=C\C/C=C\CCCCC. The molecule has 0 amide bonds. The van der Waals surface area contributed by atoms with Gasteiger partial charge in [0.1, 0.15) is 19.3 Å². The predicted molar refractivity (Wildman–Crippen MR) is 436 cm³/mol. The average Bonchev–Trinajstić information content (AvgIpc) is 0.909. The fourth-order valence-corrected chi connectivity index (χ4v) is 11.9. The Bertz CT molecular complexity index is 2630. The summed E-state index contributed by atoms with van der Waals surface area (Å²) in [6.07, 6.45) is 90.7. The van der Waals surface area contributed by atoms with Crippen molar-refractivity contribution in [3.63, 3.8) is 0 Å². The van der Waals surface area contributed by atoms with E-state index in [0.29, 0.717) is 32.1 Å². The van der Waals surface area contributed by atoms with E-state index in [0.717, 1.165) is 205 Å². The van der Waals surface area contributed by atoms with Crippen LogP contribution in [-0.2, 0) is 65.4 Å². The zero-order valence-electron chi connectivity index (χ0n) is 66.1. The van der Waals surface area contributed by atoms with Gasteiger partial charge in [-0.25, -0.2) is 9.13 Å². The second-order valence-electron chi connectivity index (χ2n) is 26.6. The van der Waals surface area contributed by atoms with E-state index >= 15 is 0 Å². The highest BCUT2D eigenvalue weighted by atomic mass is 31.2. The first-order valence-electron chi connectivity index (χ1n) is 40.7. The molecule has 0 saturated carbocycles. The minimum absolute atomic E-state index is 0.0354. The number of unbranched alkanes of at least 4 members (excludes halogenated alkanes) is 23. The van der Waals surface area contributed by atoms with Crippen molar-refractivity contribution >= 4 is 39.5 Å². The Morgan fingerprint density at radius 3 is 0.774 bits per heavy atom. The van der Waals surface area contributed by atoms with Crippen molar-refractivity contribution in [2.24, 2.45) is 0 Å². The van der Waals surface area contributed by atoms with Gasteiger partial charge in [0.15, 0.2) is 12.2 Å². The Labute approximate surface area is 642 Å². The van der Waals surface area contributed by atoms with Crippen molar-refractivity contribution in [1.29, 1.82) is 0 Å². The van der Waals surface area contributed by atoms with Gasteiger partial charge in [0.25, 0.3) is 0 Å². The molecule has 0 aliphatic heterocycles. The van der Waals surface area contributed by atoms with E-state index in [2.05, 4.69) is 186 Å².